The van der Waals surface area contributed by atoms with E-state index in [1.165, 1.54) is 6.92 Å². The van der Waals surface area contributed by atoms with Crippen molar-refractivity contribution >= 4 is 34.1 Å². The van der Waals surface area contributed by atoms with Crippen LogP contribution in [0, 0.1) is 23.0 Å². The molecule has 0 aromatic heterocycles. The van der Waals surface area contributed by atoms with E-state index in [1.807, 2.05) is 0 Å². The zero-order valence-electron chi connectivity index (χ0n) is 15.8. The molecule has 158 valence electrons. The molecule has 1 aliphatic rings. The average molecular weight is 436 g/mol. The zero-order valence-corrected chi connectivity index (χ0v) is 17.5. The highest BCUT2D eigenvalue weighted by atomic mass is 35.5. The third-order valence-electron chi connectivity index (χ3n) is 4.87. The molecule has 2 atom stereocenters. The van der Waals surface area contributed by atoms with Crippen LogP contribution in [0.1, 0.15) is 48.5 Å². The van der Waals surface area contributed by atoms with Crippen molar-refractivity contribution in [2.24, 2.45) is 11.7 Å². The number of nitro groups is 1. The van der Waals surface area contributed by atoms with Gasteiger partial charge in [0.2, 0.25) is 10.0 Å². The number of rotatable bonds is 7. The van der Waals surface area contributed by atoms with Crippen LogP contribution in [0.3, 0.4) is 0 Å². The molecule has 1 saturated carbocycles. The Morgan fingerprint density at radius 3 is 2.57 bits per heavy atom. The van der Waals surface area contributed by atoms with E-state index in [9.17, 15) is 23.3 Å². The maximum absolute atomic E-state index is 12.9. The summed E-state index contributed by atoms with van der Waals surface area (Å²) in [5, 5.41) is 11.3. The van der Waals surface area contributed by atoms with E-state index in [0.717, 1.165) is 31.4 Å². The summed E-state index contributed by atoms with van der Waals surface area (Å²) in [4.78, 5) is 22.4. The number of halogens is 1. The highest BCUT2D eigenvalue weighted by Crippen LogP contribution is 2.29. The number of nitrogens with zero attached hydrogens (tertiary/aromatic N) is 1. The minimum atomic E-state index is -4.06. The molecule has 1 aliphatic carbocycles. The molecule has 2 unspecified atom stereocenters. The van der Waals surface area contributed by atoms with Gasteiger partial charge in [0.1, 0.15) is 0 Å². The number of nitrogens with one attached hydrogen (secondary N) is 1. The normalized spacial score (nSPS) is 19.5. The molecule has 0 amide bonds. The molecule has 1 fully saturated rings. The smallest absolute Gasteiger partial charge is 0.338 e. The first-order chi connectivity index (χ1) is 12.7. The number of sulfonamides is 1. The molecule has 0 heterocycles. The molecular weight excluding hydrogens is 410 g/mol. The van der Waals surface area contributed by atoms with Crippen molar-refractivity contribution in [1.29, 1.82) is 0 Å². The van der Waals surface area contributed by atoms with Gasteiger partial charge in [0, 0.05) is 17.7 Å². The molecule has 1 aromatic carbocycles. The lowest BCUT2D eigenvalue weighted by atomic mass is 9.85. The van der Waals surface area contributed by atoms with Gasteiger partial charge < -0.3 is 10.5 Å². The largest absolute Gasteiger partial charge is 0.462 e. The number of ether oxygens (including phenoxy) is 1. The van der Waals surface area contributed by atoms with Crippen molar-refractivity contribution in [2.75, 3.05) is 13.2 Å². The molecule has 0 saturated heterocycles. The highest BCUT2D eigenvalue weighted by Gasteiger charge is 2.31. The van der Waals surface area contributed by atoms with E-state index in [0.29, 0.717) is 13.0 Å². The Morgan fingerprint density at radius 2 is 2.00 bits per heavy atom. The van der Waals surface area contributed by atoms with Crippen LogP contribution in [-0.2, 0) is 14.8 Å². The van der Waals surface area contributed by atoms with E-state index in [1.54, 1.807) is 6.92 Å². The third-order valence-corrected chi connectivity index (χ3v) is 6.34. The number of benzene rings is 1. The van der Waals surface area contributed by atoms with Crippen LogP contribution in [0.25, 0.3) is 0 Å². The molecule has 9 nitrogen and oxygen atoms in total. The maximum Gasteiger partial charge on any atom is 0.338 e. The molecule has 0 bridgehead atoms. The molecule has 0 aliphatic heterocycles. The van der Waals surface area contributed by atoms with Crippen LogP contribution in [0.4, 0.5) is 5.69 Å². The van der Waals surface area contributed by atoms with Gasteiger partial charge in [-0.1, -0.05) is 12.8 Å². The minimum absolute atomic E-state index is 0. The summed E-state index contributed by atoms with van der Waals surface area (Å²) >= 11 is 0. The third kappa shape index (κ3) is 5.40. The summed E-state index contributed by atoms with van der Waals surface area (Å²) in [6.07, 6.45) is 3.35. The first-order valence-corrected chi connectivity index (χ1v) is 10.4. The van der Waals surface area contributed by atoms with Gasteiger partial charge in [-0.15, -0.1) is 12.4 Å². The monoisotopic (exact) mass is 435 g/mol. The Morgan fingerprint density at radius 1 is 1.36 bits per heavy atom. The molecule has 3 N–H and O–H groups in total. The molecule has 11 heteroatoms. The second-order valence-corrected chi connectivity index (χ2v) is 8.31. The lowest BCUT2D eigenvalue weighted by Crippen LogP contribution is -2.44. The van der Waals surface area contributed by atoms with Crippen LogP contribution in [-0.4, -0.2) is 38.5 Å². The van der Waals surface area contributed by atoms with Crippen LogP contribution in [0.15, 0.2) is 17.0 Å². The van der Waals surface area contributed by atoms with Gasteiger partial charge in [0.15, 0.2) is 0 Å². The maximum atomic E-state index is 12.9. The van der Waals surface area contributed by atoms with E-state index in [-0.39, 0.29) is 47.0 Å². The number of carbonyl (C=O) groups is 1. The van der Waals surface area contributed by atoms with Crippen molar-refractivity contribution in [3.63, 3.8) is 0 Å². The van der Waals surface area contributed by atoms with Crippen LogP contribution < -0.4 is 10.5 Å². The summed E-state index contributed by atoms with van der Waals surface area (Å²) in [5.41, 5.74) is 5.23. The highest BCUT2D eigenvalue weighted by molar-refractivity contribution is 7.89. The number of carbonyl (C=O) groups excluding carboxylic acids is 1. The van der Waals surface area contributed by atoms with E-state index < -0.39 is 26.6 Å². The van der Waals surface area contributed by atoms with E-state index >= 15 is 0 Å². The van der Waals surface area contributed by atoms with Gasteiger partial charge in [-0.05, 0) is 45.2 Å². The van der Waals surface area contributed by atoms with E-state index in [2.05, 4.69) is 4.72 Å². The fourth-order valence-corrected chi connectivity index (χ4v) is 4.74. The van der Waals surface area contributed by atoms with Gasteiger partial charge in [0.25, 0.3) is 5.69 Å². The predicted molar refractivity (Wildman–Crippen MR) is 106 cm³/mol. The fourth-order valence-electron chi connectivity index (χ4n) is 3.35. The van der Waals surface area contributed by atoms with Crippen LogP contribution in [0.2, 0.25) is 0 Å². The summed E-state index contributed by atoms with van der Waals surface area (Å²) in [5.74, 6) is -0.786. The Labute approximate surface area is 170 Å². The van der Waals surface area contributed by atoms with Gasteiger partial charge in [-0.25, -0.2) is 17.9 Å². The molecule has 2 rings (SSSR count). The van der Waals surface area contributed by atoms with Gasteiger partial charge in [0.05, 0.1) is 22.0 Å². The lowest BCUT2D eigenvalue weighted by molar-refractivity contribution is -0.385. The first-order valence-electron chi connectivity index (χ1n) is 8.89. The quantitative estimate of drug-likeness (QED) is 0.380. The topological polar surface area (TPSA) is 142 Å². The van der Waals surface area contributed by atoms with Crippen molar-refractivity contribution in [1.82, 2.24) is 4.72 Å². The van der Waals surface area contributed by atoms with E-state index in [4.69, 9.17) is 10.5 Å². The Hall–Kier alpha value is -1.75. The number of esters is 1. The second-order valence-electron chi connectivity index (χ2n) is 6.60. The number of hydrogen-bond acceptors (Lipinski definition) is 7. The number of hydrogen-bond donors (Lipinski definition) is 2. The van der Waals surface area contributed by atoms with Gasteiger partial charge >= 0.3 is 5.97 Å². The summed E-state index contributed by atoms with van der Waals surface area (Å²) in [6, 6.07) is 1.77. The SMILES string of the molecule is CCOC(=O)c1cc(S(=O)(=O)NC2CCCCC2CN)cc([N+](=O)[O-])c1C.Cl. The molecule has 0 spiro atoms. The Bertz CT molecular complexity index is 830. The van der Waals surface area contributed by atoms with Crippen LogP contribution >= 0.6 is 12.4 Å². The van der Waals surface area contributed by atoms with Crippen molar-refractivity contribution in [3.05, 3.63) is 33.4 Å². The van der Waals surface area contributed by atoms with Crippen LogP contribution in [0.5, 0.6) is 0 Å². The Kier molecular flexibility index (Phi) is 8.80. The van der Waals surface area contributed by atoms with Crippen molar-refractivity contribution < 1.29 is 22.9 Å². The number of nitro benzene ring substituents is 1. The standard InChI is InChI=1S/C17H25N3O6S.ClH/c1-3-26-17(21)14-8-13(9-16(11(14)2)20(22)23)27(24,25)19-15-7-5-4-6-12(15)10-18;/h8-9,12,15,19H,3-7,10,18H2,1-2H3;1H. The predicted octanol–water partition coefficient (Wildman–Crippen LogP) is 2.30. The van der Waals surface area contributed by atoms with Gasteiger partial charge in [-0.3, -0.25) is 10.1 Å². The second kappa shape index (κ2) is 10.1. The Balaban J connectivity index is 0.00000392. The summed E-state index contributed by atoms with van der Waals surface area (Å²) < 4.78 is 33.2. The molecule has 1 aromatic rings. The zero-order chi connectivity index (χ0) is 20.2. The summed E-state index contributed by atoms with van der Waals surface area (Å²) in [6.45, 7) is 3.41. The summed E-state index contributed by atoms with van der Waals surface area (Å²) in [7, 11) is -4.06. The lowest BCUT2D eigenvalue weighted by Gasteiger charge is -2.31. The molecular formula is C17H26ClN3O6S. The average Bonchev–Trinajstić information content (AvgIpc) is 2.61. The van der Waals surface area contributed by atoms with Gasteiger partial charge in [-0.2, -0.15) is 0 Å². The van der Waals surface area contributed by atoms with Crippen molar-refractivity contribution in [3.8, 4) is 0 Å². The fraction of sp³-hybridized carbons (Fsp3) is 0.588. The molecule has 0 radical (unpaired) electrons. The number of nitrogens with two attached hydrogens (primary N) is 1. The molecule has 28 heavy (non-hydrogen) atoms. The minimum Gasteiger partial charge on any atom is -0.462 e. The van der Waals surface area contributed by atoms with Crippen molar-refractivity contribution in [2.45, 2.75) is 50.5 Å². The first kappa shape index (κ1) is 24.3.